The Labute approximate surface area is 178 Å². The van der Waals surface area contributed by atoms with Crippen LogP contribution in [0, 0.1) is 5.92 Å². The van der Waals surface area contributed by atoms with E-state index in [9.17, 15) is 4.79 Å². The highest BCUT2D eigenvalue weighted by Gasteiger charge is 2.23. The molecule has 2 rings (SSSR count). The molecule has 1 saturated heterocycles. The number of hydrogen-bond acceptors (Lipinski definition) is 4. The summed E-state index contributed by atoms with van der Waals surface area (Å²) in [5, 5.41) is 3.10. The third-order valence-corrected chi connectivity index (χ3v) is 4.55. The number of carbonyl (C=O) groups excluding carboxylic acids is 1. The van der Waals surface area contributed by atoms with Crippen molar-refractivity contribution in [1.29, 1.82) is 0 Å². The first-order valence-electron chi connectivity index (χ1n) is 9.12. The van der Waals surface area contributed by atoms with Crippen LogP contribution in [-0.4, -0.2) is 49.6 Å². The van der Waals surface area contributed by atoms with Gasteiger partial charge in [-0.1, -0.05) is 24.3 Å². The summed E-state index contributed by atoms with van der Waals surface area (Å²) in [5.41, 5.74) is 13.7. The largest absolute Gasteiger partial charge is 0.383 e. The van der Waals surface area contributed by atoms with Crippen LogP contribution >= 0.6 is 24.0 Å². The van der Waals surface area contributed by atoms with Crippen molar-refractivity contribution in [2.45, 2.75) is 38.9 Å². The van der Waals surface area contributed by atoms with Crippen molar-refractivity contribution in [2.75, 3.05) is 26.8 Å². The molecule has 1 amide bonds. The van der Waals surface area contributed by atoms with Gasteiger partial charge in [0.25, 0.3) is 0 Å². The lowest BCUT2D eigenvalue weighted by Gasteiger charge is -2.31. The van der Waals surface area contributed by atoms with Gasteiger partial charge in [0.1, 0.15) is 0 Å². The molecule has 1 aliphatic heterocycles. The molecule has 0 radical (unpaired) electrons. The monoisotopic (exact) mass is 489 g/mol. The molecule has 1 heterocycles. The predicted molar refractivity (Wildman–Crippen MR) is 119 cm³/mol. The van der Waals surface area contributed by atoms with E-state index in [1.807, 2.05) is 19.1 Å². The number of methoxy groups -OCH3 is 1. The molecule has 0 bridgehead atoms. The fourth-order valence-electron chi connectivity index (χ4n) is 3.28. The molecule has 1 aromatic carbocycles. The van der Waals surface area contributed by atoms with Gasteiger partial charge in [-0.3, -0.25) is 9.69 Å². The Hall–Kier alpha value is -1.39. The zero-order valence-corrected chi connectivity index (χ0v) is 18.5. The Morgan fingerprint density at radius 2 is 2.15 bits per heavy atom. The summed E-state index contributed by atoms with van der Waals surface area (Å²) in [6.07, 6.45) is 1.91. The third-order valence-electron chi connectivity index (χ3n) is 4.55. The third kappa shape index (κ3) is 8.44. The van der Waals surface area contributed by atoms with Gasteiger partial charge in [-0.25, -0.2) is 4.99 Å². The first-order chi connectivity index (χ1) is 12.5. The molecular weight excluding hydrogens is 457 g/mol. The highest BCUT2D eigenvalue weighted by atomic mass is 127. The van der Waals surface area contributed by atoms with E-state index < -0.39 is 0 Å². The Bertz CT molecular complexity index is 626. The molecule has 0 spiro atoms. The number of guanidine groups is 1. The van der Waals surface area contributed by atoms with E-state index in [0.717, 1.165) is 38.0 Å². The van der Waals surface area contributed by atoms with Gasteiger partial charge in [-0.2, -0.15) is 0 Å². The van der Waals surface area contributed by atoms with Gasteiger partial charge in [0.2, 0.25) is 5.91 Å². The Morgan fingerprint density at radius 3 is 2.85 bits per heavy atom. The van der Waals surface area contributed by atoms with Crippen molar-refractivity contribution in [3.8, 4) is 0 Å². The molecule has 1 fully saturated rings. The maximum Gasteiger partial charge on any atom is 0.221 e. The van der Waals surface area contributed by atoms with Gasteiger partial charge in [0.15, 0.2) is 5.96 Å². The zero-order valence-electron chi connectivity index (χ0n) is 16.2. The normalized spacial score (nSPS) is 19.2. The minimum absolute atomic E-state index is 0. The smallest absolute Gasteiger partial charge is 0.221 e. The molecule has 2 atom stereocenters. The fourth-order valence-corrected chi connectivity index (χ4v) is 3.28. The summed E-state index contributed by atoms with van der Waals surface area (Å²) in [7, 11) is 1.66. The molecule has 8 heteroatoms. The van der Waals surface area contributed by atoms with Crippen LogP contribution in [0.2, 0.25) is 0 Å². The molecule has 0 aliphatic carbocycles. The maximum absolute atomic E-state index is 11.4. The van der Waals surface area contributed by atoms with Crippen LogP contribution in [0.5, 0.6) is 0 Å². The lowest BCUT2D eigenvalue weighted by atomic mass is 9.97. The molecule has 152 valence electrons. The van der Waals surface area contributed by atoms with Crippen LogP contribution in [0.4, 0.5) is 0 Å². The number of aliphatic imine (C=N–C) groups is 1. The average molecular weight is 489 g/mol. The van der Waals surface area contributed by atoms with E-state index in [0.29, 0.717) is 19.1 Å². The minimum atomic E-state index is -0.191. The summed E-state index contributed by atoms with van der Waals surface area (Å²) in [4.78, 5) is 18.1. The first-order valence-corrected chi connectivity index (χ1v) is 9.12. The number of nitrogens with two attached hydrogens (primary N) is 2. The van der Waals surface area contributed by atoms with Gasteiger partial charge in [0, 0.05) is 26.2 Å². The second-order valence-corrected chi connectivity index (χ2v) is 7.00. The molecule has 1 aliphatic rings. The topological polar surface area (TPSA) is 106 Å². The number of carbonyl (C=O) groups is 1. The number of nitrogens with zero attached hydrogens (tertiary/aromatic N) is 2. The number of rotatable bonds is 8. The average Bonchev–Trinajstić information content (AvgIpc) is 2.61. The van der Waals surface area contributed by atoms with Crippen molar-refractivity contribution in [2.24, 2.45) is 22.4 Å². The van der Waals surface area contributed by atoms with E-state index in [4.69, 9.17) is 16.2 Å². The highest BCUT2D eigenvalue weighted by Crippen LogP contribution is 2.19. The first kappa shape index (κ1) is 23.6. The van der Waals surface area contributed by atoms with Gasteiger partial charge in [-0.15, -0.1) is 24.0 Å². The quantitative estimate of drug-likeness (QED) is 0.291. The second kappa shape index (κ2) is 12.1. The van der Waals surface area contributed by atoms with E-state index in [1.54, 1.807) is 7.11 Å². The van der Waals surface area contributed by atoms with Crippen LogP contribution in [0.15, 0.2) is 29.3 Å². The van der Waals surface area contributed by atoms with Crippen molar-refractivity contribution >= 4 is 35.8 Å². The Balaban J connectivity index is 0.00000364. The van der Waals surface area contributed by atoms with Crippen molar-refractivity contribution in [3.05, 3.63) is 35.4 Å². The molecule has 0 saturated carbocycles. The predicted octanol–water partition coefficient (Wildman–Crippen LogP) is 1.44. The van der Waals surface area contributed by atoms with Crippen LogP contribution in [-0.2, 0) is 22.6 Å². The van der Waals surface area contributed by atoms with Crippen LogP contribution < -0.4 is 16.8 Å². The second-order valence-electron chi connectivity index (χ2n) is 7.00. The summed E-state index contributed by atoms with van der Waals surface area (Å²) >= 11 is 0. The molecule has 5 N–H and O–H groups in total. The SMILES string of the molecule is COCC(C)NC(N)=NCc1cccc(CN2CCCC(C(N)=O)C2)c1.I. The van der Waals surface area contributed by atoms with Gasteiger partial charge in [0.05, 0.1) is 19.1 Å². The Kier molecular flexibility index (Phi) is 10.6. The van der Waals surface area contributed by atoms with Gasteiger partial charge >= 0.3 is 0 Å². The van der Waals surface area contributed by atoms with Crippen LogP contribution in [0.3, 0.4) is 0 Å². The molecule has 27 heavy (non-hydrogen) atoms. The zero-order chi connectivity index (χ0) is 18.9. The van der Waals surface area contributed by atoms with E-state index in [2.05, 4.69) is 27.3 Å². The maximum atomic E-state index is 11.4. The molecule has 2 unspecified atom stereocenters. The van der Waals surface area contributed by atoms with Gasteiger partial charge < -0.3 is 21.5 Å². The number of hydrogen-bond donors (Lipinski definition) is 3. The lowest BCUT2D eigenvalue weighted by Crippen LogP contribution is -2.40. The van der Waals surface area contributed by atoms with E-state index >= 15 is 0 Å². The standard InChI is InChI=1S/C19H31N5O2.HI/c1-14(13-26-2)23-19(21)22-10-15-5-3-6-16(9-15)11-24-8-4-7-17(12-24)18(20)25;/h3,5-6,9,14,17H,4,7-8,10-13H2,1-2H3,(H2,20,25)(H3,21,22,23);1H. The molecule has 1 aromatic rings. The number of halogens is 1. The summed E-state index contributed by atoms with van der Waals surface area (Å²) < 4.78 is 5.07. The summed E-state index contributed by atoms with van der Waals surface area (Å²) in [6.45, 7) is 5.65. The van der Waals surface area contributed by atoms with Gasteiger partial charge in [-0.05, 0) is 37.4 Å². The number of nitrogens with one attached hydrogen (secondary N) is 1. The van der Waals surface area contributed by atoms with Crippen molar-refractivity contribution in [3.63, 3.8) is 0 Å². The minimum Gasteiger partial charge on any atom is -0.383 e. The number of likely N-dealkylation sites (tertiary alicyclic amines) is 1. The molecule has 0 aromatic heterocycles. The van der Waals surface area contributed by atoms with Crippen molar-refractivity contribution in [1.82, 2.24) is 10.2 Å². The Morgan fingerprint density at radius 1 is 1.41 bits per heavy atom. The number of piperidine rings is 1. The number of amides is 1. The van der Waals surface area contributed by atoms with Crippen molar-refractivity contribution < 1.29 is 9.53 Å². The highest BCUT2D eigenvalue weighted by molar-refractivity contribution is 14.0. The van der Waals surface area contributed by atoms with Crippen LogP contribution in [0.1, 0.15) is 30.9 Å². The van der Waals surface area contributed by atoms with Crippen LogP contribution in [0.25, 0.3) is 0 Å². The molecular formula is C19H32IN5O2. The van der Waals surface area contributed by atoms with E-state index in [1.165, 1.54) is 5.56 Å². The summed E-state index contributed by atoms with van der Waals surface area (Å²) in [5.74, 6) is 0.195. The number of benzene rings is 1. The number of primary amides is 1. The lowest BCUT2D eigenvalue weighted by molar-refractivity contribution is -0.123. The van der Waals surface area contributed by atoms with E-state index in [-0.39, 0.29) is 41.8 Å². The summed E-state index contributed by atoms with van der Waals surface area (Å²) in [6, 6.07) is 8.44. The number of ether oxygens (including phenoxy) is 1. The molecule has 7 nitrogen and oxygen atoms in total. The fraction of sp³-hybridized carbons (Fsp3) is 0.579.